The lowest BCUT2D eigenvalue weighted by molar-refractivity contribution is -0.138. The molecule has 1 heterocycles. The van der Waals surface area contributed by atoms with Gasteiger partial charge in [-0.25, -0.2) is 4.79 Å². The molecule has 0 bridgehead atoms. The van der Waals surface area contributed by atoms with Crippen molar-refractivity contribution in [2.75, 3.05) is 38.1 Å². The molecule has 0 aromatic heterocycles. The van der Waals surface area contributed by atoms with Crippen LogP contribution in [0.3, 0.4) is 0 Å². The van der Waals surface area contributed by atoms with Gasteiger partial charge in [0.2, 0.25) is 0 Å². The minimum absolute atomic E-state index is 0.00349. The minimum atomic E-state index is -4.61. The van der Waals surface area contributed by atoms with Crippen LogP contribution in [0.25, 0.3) is 0 Å². The van der Waals surface area contributed by atoms with Gasteiger partial charge in [-0.1, -0.05) is 12.1 Å². The van der Waals surface area contributed by atoms with Gasteiger partial charge in [0, 0.05) is 45.7 Å². The zero-order chi connectivity index (χ0) is 25.0. The number of alkyl halides is 3. The molecular formula is C24H30F3N5O2. The smallest absolute Gasteiger partial charge is 0.351 e. The second-order valence-electron chi connectivity index (χ2n) is 8.63. The molecule has 0 saturated carbocycles. The number of hydrogen-bond acceptors (Lipinski definition) is 5. The van der Waals surface area contributed by atoms with Gasteiger partial charge in [0.15, 0.2) is 0 Å². The summed E-state index contributed by atoms with van der Waals surface area (Å²) in [5, 5.41) is 0. The first-order valence-electron chi connectivity index (χ1n) is 11.0. The third-order valence-corrected chi connectivity index (χ3v) is 5.97. The van der Waals surface area contributed by atoms with Gasteiger partial charge in [-0.2, -0.15) is 13.2 Å². The van der Waals surface area contributed by atoms with Crippen molar-refractivity contribution in [3.05, 3.63) is 58.7 Å². The maximum absolute atomic E-state index is 14.0. The van der Waals surface area contributed by atoms with Crippen molar-refractivity contribution in [1.29, 1.82) is 0 Å². The average Bonchev–Trinajstić information content (AvgIpc) is 2.75. The summed E-state index contributed by atoms with van der Waals surface area (Å²) in [5.41, 5.74) is 12.2. The van der Waals surface area contributed by atoms with Crippen LogP contribution in [-0.2, 0) is 30.5 Å². The highest BCUT2D eigenvalue weighted by molar-refractivity contribution is 5.98. The summed E-state index contributed by atoms with van der Waals surface area (Å²) >= 11 is 0. The molecule has 2 aromatic rings. The Kier molecular flexibility index (Phi) is 7.96. The van der Waals surface area contributed by atoms with E-state index in [0.717, 1.165) is 24.1 Å². The van der Waals surface area contributed by atoms with E-state index in [9.17, 15) is 22.8 Å². The van der Waals surface area contributed by atoms with Crippen molar-refractivity contribution in [1.82, 2.24) is 9.80 Å². The fourth-order valence-electron chi connectivity index (χ4n) is 4.14. The first-order valence-corrected chi connectivity index (χ1v) is 11.0. The molecule has 2 aromatic carbocycles. The van der Waals surface area contributed by atoms with Gasteiger partial charge in [0.1, 0.15) is 5.78 Å². The fraction of sp³-hybridized carbons (Fsp3) is 0.417. The third kappa shape index (κ3) is 6.13. The van der Waals surface area contributed by atoms with Gasteiger partial charge in [-0.3, -0.25) is 14.6 Å². The van der Waals surface area contributed by atoms with Crippen LogP contribution in [0.4, 0.5) is 29.3 Å². The Labute approximate surface area is 197 Å². The number of halogens is 3. The Bertz CT molecular complexity index is 1050. The molecule has 0 unspecified atom stereocenters. The maximum Gasteiger partial charge on any atom is 0.416 e. The van der Waals surface area contributed by atoms with Gasteiger partial charge in [-0.05, 0) is 54.9 Å². The van der Waals surface area contributed by atoms with Crippen LogP contribution < -0.4 is 16.4 Å². The average molecular weight is 478 g/mol. The number of hydrogen-bond donors (Lipinski definition) is 2. The molecule has 1 aliphatic rings. The van der Waals surface area contributed by atoms with Gasteiger partial charge in [-0.15, -0.1) is 0 Å². The minimum Gasteiger partial charge on any atom is -0.351 e. The molecule has 1 saturated heterocycles. The highest BCUT2D eigenvalue weighted by Crippen LogP contribution is 2.37. The molecule has 0 atom stereocenters. The van der Waals surface area contributed by atoms with Crippen molar-refractivity contribution in [2.24, 2.45) is 11.5 Å². The van der Waals surface area contributed by atoms with Crippen LogP contribution in [0.15, 0.2) is 36.4 Å². The summed E-state index contributed by atoms with van der Waals surface area (Å²) in [6.45, 7) is 4.69. The lowest BCUT2D eigenvalue weighted by atomic mass is 10.0. The predicted octanol–water partition coefficient (Wildman–Crippen LogP) is 3.26. The van der Waals surface area contributed by atoms with Crippen LogP contribution >= 0.6 is 0 Å². The van der Waals surface area contributed by atoms with Crippen molar-refractivity contribution < 1.29 is 22.8 Å². The molecule has 10 heteroatoms. The molecule has 2 amide bonds. The van der Waals surface area contributed by atoms with Gasteiger partial charge >= 0.3 is 12.2 Å². The van der Waals surface area contributed by atoms with Crippen LogP contribution in [0, 0.1) is 0 Å². The van der Waals surface area contributed by atoms with E-state index in [1.807, 2.05) is 11.9 Å². The number of anilines is 2. The lowest BCUT2D eigenvalue weighted by Gasteiger charge is -2.33. The number of ketones is 1. The van der Waals surface area contributed by atoms with Crippen molar-refractivity contribution in [3.8, 4) is 0 Å². The van der Waals surface area contributed by atoms with E-state index in [0.29, 0.717) is 24.2 Å². The lowest BCUT2D eigenvalue weighted by Crippen LogP contribution is -2.44. The zero-order valence-corrected chi connectivity index (χ0v) is 19.4. The number of urea groups is 1. The normalized spacial score (nSPS) is 15.4. The Morgan fingerprint density at radius 1 is 0.971 bits per heavy atom. The first kappa shape index (κ1) is 25.7. The Morgan fingerprint density at radius 3 is 2.09 bits per heavy atom. The molecule has 0 aliphatic carbocycles. The molecule has 0 spiro atoms. The summed E-state index contributed by atoms with van der Waals surface area (Å²) in [5.74, 6) is -0.106. The van der Waals surface area contributed by atoms with E-state index >= 15 is 0 Å². The number of likely N-dealkylation sites (N-methyl/N-ethyl adjacent to an activating group) is 1. The summed E-state index contributed by atoms with van der Waals surface area (Å²) in [6.07, 6.45) is -4.52. The van der Waals surface area contributed by atoms with Crippen molar-refractivity contribution in [2.45, 2.75) is 32.6 Å². The number of Topliss-reactive ketones (excluding diaryl/α,β-unsaturated/α-hetero) is 1. The number of nitrogens with two attached hydrogens (primary N) is 2. The summed E-state index contributed by atoms with van der Waals surface area (Å²) < 4.78 is 42.0. The van der Waals surface area contributed by atoms with Crippen LogP contribution in [0.5, 0.6) is 0 Å². The van der Waals surface area contributed by atoms with Crippen LogP contribution in [0.1, 0.15) is 29.2 Å². The molecule has 4 N–H and O–H groups in total. The SMILES string of the molecule is CC(=O)Cc1cc(N(C(N)=O)c2ccc(CN3CCN(C)CC3)c(C(F)(F)F)c2)ccc1CN. The number of carbonyl (C=O) groups excluding carboxylic acids is 2. The number of amides is 2. The van der Waals surface area contributed by atoms with E-state index < -0.39 is 17.8 Å². The van der Waals surface area contributed by atoms with Gasteiger partial charge in [0.05, 0.1) is 16.9 Å². The van der Waals surface area contributed by atoms with Gasteiger partial charge in [0.25, 0.3) is 0 Å². The van der Waals surface area contributed by atoms with E-state index in [1.54, 1.807) is 18.2 Å². The second kappa shape index (κ2) is 10.5. The molecule has 1 fully saturated rings. The highest BCUT2D eigenvalue weighted by Gasteiger charge is 2.35. The largest absolute Gasteiger partial charge is 0.416 e. The second-order valence-corrected chi connectivity index (χ2v) is 8.63. The topological polar surface area (TPSA) is 95.9 Å². The first-order chi connectivity index (χ1) is 16.0. The molecular weight excluding hydrogens is 447 g/mol. The van der Waals surface area contributed by atoms with E-state index in [2.05, 4.69) is 4.90 Å². The van der Waals surface area contributed by atoms with Crippen molar-refractivity contribution >= 4 is 23.2 Å². The maximum atomic E-state index is 14.0. The fourth-order valence-corrected chi connectivity index (χ4v) is 4.14. The summed E-state index contributed by atoms with van der Waals surface area (Å²) in [4.78, 5) is 29.1. The monoisotopic (exact) mass is 477 g/mol. The van der Waals surface area contributed by atoms with Crippen LogP contribution in [-0.4, -0.2) is 54.8 Å². The quantitative estimate of drug-likeness (QED) is 0.638. The van der Waals surface area contributed by atoms with Gasteiger partial charge < -0.3 is 16.4 Å². The Balaban J connectivity index is 2.00. The molecule has 3 rings (SSSR count). The number of nitrogens with zero attached hydrogens (tertiary/aromatic N) is 3. The number of primary amides is 1. The van der Waals surface area contributed by atoms with E-state index in [4.69, 9.17) is 11.5 Å². The zero-order valence-electron chi connectivity index (χ0n) is 19.4. The number of piperazine rings is 1. The molecule has 184 valence electrons. The number of rotatable bonds is 7. The van der Waals surface area contributed by atoms with Crippen LogP contribution in [0.2, 0.25) is 0 Å². The Morgan fingerprint density at radius 2 is 1.56 bits per heavy atom. The third-order valence-electron chi connectivity index (χ3n) is 5.97. The summed E-state index contributed by atoms with van der Waals surface area (Å²) in [6, 6.07) is 7.66. The molecule has 7 nitrogen and oxygen atoms in total. The highest BCUT2D eigenvalue weighted by atomic mass is 19.4. The summed E-state index contributed by atoms with van der Waals surface area (Å²) in [7, 11) is 1.98. The predicted molar refractivity (Wildman–Crippen MR) is 125 cm³/mol. The molecule has 0 radical (unpaired) electrons. The Hall–Kier alpha value is -2.95. The molecule has 34 heavy (non-hydrogen) atoms. The van der Waals surface area contributed by atoms with Crippen molar-refractivity contribution in [3.63, 3.8) is 0 Å². The van der Waals surface area contributed by atoms with E-state index in [1.165, 1.54) is 19.1 Å². The number of carbonyl (C=O) groups is 2. The number of benzene rings is 2. The van der Waals surface area contributed by atoms with E-state index in [-0.39, 0.29) is 42.2 Å². The molecule has 1 aliphatic heterocycles. The standard InChI is InChI=1S/C24H30F3N5O2/c1-16(33)11-19-12-20(5-3-17(19)14-28)32(23(29)34)21-6-4-18(22(13-21)24(25,26)27)15-31-9-7-30(2)8-10-31/h3-6,12-13H,7-11,14-15,28H2,1-2H3,(H2,29,34).